The number of nitriles is 1. The first-order valence-corrected chi connectivity index (χ1v) is 8.46. The third-order valence-corrected chi connectivity index (χ3v) is 4.13. The van der Waals surface area contributed by atoms with Gasteiger partial charge in [-0.15, -0.1) is 5.10 Å². The smallest absolute Gasteiger partial charge is 0.292 e. The van der Waals surface area contributed by atoms with Gasteiger partial charge in [0.2, 0.25) is 0 Å². The monoisotopic (exact) mass is 349 g/mol. The minimum atomic E-state index is -0.351. The number of aromatic nitrogens is 4. The van der Waals surface area contributed by atoms with Crippen molar-refractivity contribution in [1.29, 1.82) is 5.26 Å². The zero-order valence-electron chi connectivity index (χ0n) is 14.2. The topological polar surface area (TPSA) is 96.7 Å². The molecule has 0 saturated carbocycles. The average molecular weight is 349 g/mol. The summed E-state index contributed by atoms with van der Waals surface area (Å²) in [6.07, 6.45) is 6.28. The van der Waals surface area contributed by atoms with E-state index in [1.807, 2.05) is 18.3 Å². The fourth-order valence-electron chi connectivity index (χ4n) is 2.69. The van der Waals surface area contributed by atoms with Crippen LogP contribution in [0.3, 0.4) is 0 Å². The number of rotatable bonds is 7. The maximum absolute atomic E-state index is 11.7. The summed E-state index contributed by atoms with van der Waals surface area (Å²) < 4.78 is 3.32. The summed E-state index contributed by atoms with van der Waals surface area (Å²) >= 11 is 0. The molecule has 0 spiro atoms. The zero-order chi connectivity index (χ0) is 18.4. The Balaban J connectivity index is 1.47. The molecule has 0 aliphatic rings. The first kappa shape index (κ1) is 17.4. The summed E-state index contributed by atoms with van der Waals surface area (Å²) in [6, 6.07) is 12.4. The molecule has 0 bridgehead atoms. The highest BCUT2D eigenvalue weighted by molar-refractivity contribution is 5.58. The van der Waals surface area contributed by atoms with E-state index >= 15 is 0 Å². The van der Waals surface area contributed by atoms with Crippen molar-refractivity contribution in [2.45, 2.75) is 32.4 Å². The normalized spacial score (nSPS) is 10.6. The van der Waals surface area contributed by atoms with Crippen LogP contribution in [0.4, 0.5) is 0 Å². The van der Waals surface area contributed by atoms with Crippen molar-refractivity contribution in [2.24, 2.45) is 0 Å². The van der Waals surface area contributed by atoms with Gasteiger partial charge in [-0.05, 0) is 43.5 Å². The van der Waals surface area contributed by atoms with Gasteiger partial charge < -0.3 is 9.67 Å². The van der Waals surface area contributed by atoms with E-state index in [2.05, 4.69) is 16.4 Å². The lowest BCUT2D eigenvalue weighted by Crippen LogP contribution is -2.18. The number of benzene rings is 1. The summed E-state index contributed by atoms with van der Waals surface area (Å²) in [5.41, 5.74) is 1.97. The van der Waals surface area contributed by atoms with Crippen LogP contribution in [-0.4, -0.2) is 24.7 Å². The fraction of sp³-hybridized carbons (Fsp3) is 0.263. The van der Waals surface area contributed by atoms with Crippen molar-refractivity contribution < 1.29 is 5.11 Å². The van der Waals surface area contributed by atoms with Crippen LogP contribution in [0.15, 0.2) is 53.6 Å². The second-order valence-electron chi connectivity index (χ2n) is 6.01. The molecule has 0 amide bonds. The number of aryl methyl sites for hydroxylation is 2. The summed E-state index contributed by atoms with van der Waals surface area (Å²) in [5.74, 6) is -0.217. The minimum absolute atomic E-state index is 0.217. The molecule has 2 aromatic heterocycles. The standard InChI is InChI=1S/C19H19N5O2/c20-13-15-6-8-16(9-7-15)17-14-24(22-21-17)12-3-1-2-10-23-11-4-5-18(25)19(23)26/h4-9,11,14,25H,1-3,10,12H2. The van der Waals surface area contributed by atoms with Gasteiger partial charge in [0.1, 0.15) is 5.69 Å². The molecule has 1 aromatic carbocycles. The average Bonchev–Trinajstić information content (AvgIpc) is 3.14. The molecule has 26 heavy (non-hydrogen) atoms. The molecule has 2 heterocycles. The first-order chi connectivity index (χ1) is 12.7. The maximum atomic E-state index is 11.7. The van der Waals surface area contributed by atoms with Crippen LogP contribution < -0.4 is 5.56 Å². The quantitative estimate of drug-likeness (QED) is 0.661. The molecule has 3 rings (SSSR count). The third kappa shape index (κ3) is 4.16. The Hall–Kier alpha value is -3.40. The summed E-state index contributed by atoms with van der Waals surface area (Å²) in [7, 11) is 0. The van der Waals surface area contributed by atoms with Gasteiger partial charge in [0.15, 0.2) is 5.75 Å². The van der Waals surface area contributed by atoms with Crippen LogP contribution in [0.1, 0.15) is 24.8 Å². The molecule has 1 N–H and O–H groups in total. The van der Waals surface area contributed by atoms with E-state index in [4.69, 9.17) is 5.26 Å². The molecule has 132 valence electrons. The van der Waals surface area contributed by atoms with Gasteiger partial charge in [-0.25, -0.2) is 0 Å². The second kappa shape index (κ2) is 8.12. The summed E-state index contributed by atoms with van der Waals surface area (Å²) in [5, 5.41) is 26.5. The number of hydrogen-bond acceptors (Lipinski definition) is 5. The molecular weight excluding hydrogens is 330 g/mol. The fourth-order valence-corrected chi connectivity index (χ4v) is 2.69. The lowest BCUT2D eigenvalue weighted by atomic mass is 10.1. The van der Waals surface area contributed by atoms with E-state index in [9.17, 15) is 9.90 Å². The van der Waals surface area contributed by atoms with Crippen LogP contribution in [0.5, 0.6) is 5.75 Å². The Morgan fingerprint density at radius 2 is 1.85 bits per heavy atom. The van der Waals surface area contributed by atoms with Crippen molar-refractivity contribution >= 4 is 0 Å². The largest absolute Gasteiger partial charge is 0.503 e. The Bertz CT molecular complexity index is 967. The molecule has 0 atom stereocenters. The third-order valence-electron chi connectivity index (χ3n) is 4.13. The molecule has 0 aliphatic carbocycles. The van der Waals surface area contributed by atoms with Crippen molar-refractivity contribution in [1.82, 2.24) is 19.6 Å². The number of hydrogen-bond donors (Lipinski definition) is 1. The molecular formula is C19H19N5O2. The van der Waals surface area contributed by atoms with Crippen LogP contribution in [0.2, 0.25) is 0 Å². The van der Waals surface area contributed by atoms with Crippen molar-refractivity contribution in [2.75, 3.05) is 0 Å². The molecule has 7 heteroatoms. The van der Waals surface area contributed by atoms with E-state index in [0.29, 0.717) is 12.1 Å². The van der Waals surface area contributed by atoms with Crippen molar-refractivity contribution in [3.05, 3.63) is 64.7 Å². The number of unbranched alkanes of at least 4 members (excludes halogenated alkanes) is 2. The lowest BCUT2D eigenvalue weighted by Gasteiger charge is -2.05. The van der Waals surface area contributed by atoms with Gasteiger partial charge in [0.05, 0.1) is 17.8 Å². The Morgan fingerprint density at radius 1 is 1.08 bits per heavy atom. The predicted octanol–water partition coefficient (Wildman–Crippen LogP) is 2.55. The van der Waals surface area contributed by atoms with Crippen LogP contribution in [0, 0.1) is 11.3 Å². The molecule has 7 nitrogen and oxygen atoms in total. The van der Waals surface area contributed by atoms with Gasteiger partial charge in [-0.1, -0.05) is 17.3 Å². The van der Waals surface area contributed by atoms with Gasteiger partial charge in [0.25, 0.3) is 5.56 Å². The van der Waals surface area contributed by atoms with Crippen molar-refractivity contribution in [3.63, 3.8) is 0 Å². The van der Waals surface area contributed by atoms with E-state index in [1.165, 1.54) is 10.6 Å². The molecule has 0 aliphatic heterocycles. The molecule has 3 aromatic rings. The van der Waals surface area contributed by atoms with Gasteiger partial charge in [0, 0.05) is 24.8 Å². The van der Waals surface area contributed by atoms with E-state index < -0.39 is 0 Å². The molecule has 0 saturated heterocycles. The maximum Gasteiger partial charge on any atom is 0.292 e. The lowest BCUT2D eigenvalue weighted by molar-refractivity contribution is 0.451. The molecule has 0 fully saturated rings. The Kier molecular flexibility index (Phi) is 5.44. The predicted molar refractivity (Wildman–Crippen MR) is 96.4 cm³/mol. The van der Waals surface area contributed by atoms with Crippen LogP contribution in [-0.2, 0) is 13.1 Å². The second-order valence-corrected chi connectivity index (χ2v) is 6.01. The van der Waals surface area contributed by atoms with E-state index in [-0.39, 0.29) is 11.3 Å². The molecule has 0 unspecified atom stereocenters. The first-order valence-electron chi connectivity index (χ1n) is 8.46. The summed E-state index contributed by atoms with van der Waals surface area (Å²) in [6.45, 7) is 1.33. The minimum Gasteiger partial charge on any atom is -0.503 e. The molecule has 0 radical (unpaired) electrons. The highest BCUT2D eigenvalue weighted by Gasteiger charge is 2.04. The highest BCUT2D eigenvalue weighted by Crippen LogP contribution is 2.16. The highest BCUT2D eigenvalue weighted by atomic mass is 16.3. The van der Waals surface area contributed by atoms with Crippen molar-refractivity contribution in [3.8, 4) is 23.1 Å². The Morgan fingerprint density at radius 3 is 2.62 bits per heavy atom. The number of nitrogens with zero attached hydrogens (tertiary/aromatic N) is 5. The van der Waals surface area contributed by atoms with Crippen LogP contribution in [0.25, 0.3) is 11.3 Å². The van der Waals surface area contributed by atoms with Gasteiger partial charge >= 0.3 is 0 Å². The Labute approximate surface area is 150 Å². The van der Waals surface area contributed by atoms with E-state index in [0.717, 1.165) is 37.1 Å². The van der Waals surface area contributed by atoms with E-state index in [1.54, 1.807) is 29.1 Å². The number of aromatic hydroxyl groups is 1. The summed E-state index contributed by atoms with van der Waals surface area (Å²) in [4.78, 5) is 11.7. The number of pyridine rings is 1. The van der Waals surface area contributed by atoms with Gasteiger partial charge in [-0.3, -0.25) is 9.48 Å². The van der Waals surface area contributed by atoms with Crippen LogP contribution >= 0.6 is 0 Å². The SMILES string of the molecule is N#Cc1ccc(-c2cn(CCCCCn3cccc(O)c3=O)nn2)cc1. The van der Waals surface area contributed by atoms with Gasteiger partial charge in [-0.2, -0.15) is 5.26 Å². The zero-order valence-corrected chi connectivity index (χ0v) is 14.2.